The molecule has 0 heterocycles. The summed E-state index contributed by atoms with van der Waals surface area (Å²) in [6.45, 7) is 6.51. The van der Waals surface area contributed by atoms with Gasteiger partial charge in [0.05, 0.1) is 0 Å². The van der Waals surface area contributed by atoms with Crippen molar-refractivity contribution in [3.63, 3.8) is 0 Å². The lowest BCUT2D eigenvalue weighted by molar-refractivity contribution is -0.129. The van der Waals surface area contributed by atoms with E-state index in [1.54, 1.807) is 6.92 Å². The Balaban J connectivity index is 2.03. The van der Waals surface area contributed by atoms with E-state index in [4.69, 9.17) is 0 Å². The zero-order chi connectivity index (χ0) is 9.64. The van der Waals surface area contributed by atoms with Gasteiger partial charge in [0.2, 0.25) is 0 Å². The molecule has 1 nitrogen and oxygen atoms in total. The highest BCUT2D eigenvalue weighted by atomic mass is 16.1. The summed E-state index contributed by atoms with van der Waals surface area (Å²) in [6, 6.07) is 0. The molecule has 3 unspecified atom stereocenters. The Hall–Kier alpha value is -0.330. The van der Waals surface area contributed by atoms with Crippen molar-refractivity contribution in [3.05, 3.63) is 0 Å². The Labute approximate surface area is 80.9 Å². The number of rotatable bonds is 2. The summed E-state index contributed by atoms with van der Waals surface area (Å²) in [5.41, 5.74) is 0.540. The lowest BCUT2D eigenvalue weighted by Gasteiger charge is -2.60. The maximum Gasteiger partial charge on any atom is 0.130 e. The molecule has 3 aliphatic rings. The van der Waals surface area contributed by atoms with Crippen LogP contribution < -0.4 is 0 Å². The molecule has 0 aliphatic heterocycles. The largest absolute Gasteiger partial charge is 0.300 e. The van der Waals surface area contributed by atoms with Gasteiger partial charge in [-0.05, 0) is 49.4 Å². The molecule has 0 spiro atoms. The molecule has 0 saturated heterocycles. The molecule has 0 N–H and O–H groups in total. The molecule has 1 heteroatoms. The molecule has 74 valence electrons. The summed E-state index contributed by atoms with van der Waals surface area (Å²) >= 11 is 0. The molecule has 0 aromatic rings. The lowest BCUT2D eigenvalue weighted by atomic mass is 9.45. The molecule has 3 saturated carbocycles. The highest BCUT2D eigenvalue weighted by Crippen LogP contribution is 2.61. The smallest absolute Gasteiger partial charge is 0.130 e. The Kier molecular flexibility index (Phi) is 2.01. The van der Waals surface area contributed by atoms with Crippen LogP contribution in [0.5, 0.6) is 0 Å². The van der Waals surface area contributed by atoms with Gasteiger partial charge in [0.1, 0.15) is 5.78 Å². The van der Waals surface area contributed by atoms with E-state index < -0.39 is 0 Å². The molecule has 3 aliphatic carbocycles. The number of hydrogen-bond donors (Lipinski definition) is 0. The van der Waals surface area contributed by atoms with Gasteiger partial charge < -0.3 is 4.79 Å². The Morgan fingerprint density at radius 1 is 1.38 bits per heavy atom. The van der Waals surface area contributed by atoms with Crippen LogP contribution in [0.25, 0.3) is 0 Å². The summed E-state index contributed by atoms with van der Waals surface area (Å²) in [6.07, 6.45) is 4.89. The third-order valence-electron chi connectivity index (χ3n) is 4.55. The fourth-order valence-corrected chi connectivity index (χ4v) is 3.58. The fraction of sp³-hybridized carbons (Fsp3) is 0.917. The van der Waals surface area contributed by atoms with Gasteiger partial charge in [0.15, 0.2) is 0 Å². The second-order valence-corrected chi connectivity index (χ2v) is 5.60. The normalized spacial score (nSPS) is 41.0. The average molecular weight is 180 g/mol. The first-order valence-electron chi connectivity index (χ1n) is 5.51. The van der Waals surface area contributed by atoms with E-state index in [9.17, 15) is 4.79 Å². The number of carbonyl (C=O) groups excluding carboxylic acids is 1. The van der Waals surface area contributed by atoms with E-state index in [-0.39, 0.29) is 0 Å². The molecule has 3 fully saturated rings. The molecule has 0 radical (unpaired) electrons. The van der Waals surface area contributed by atoms with Crippen molar-refractivity contribution < 1.29 is 4.79 Å². The third kappa shape index (κ3) is 1.33. The van der Waals surface area contributed by atoms with E-state index in [1.165, 1.54) is 19.3 Å². The molecule has 3 atom stereocenters. The minimum absolute atomic E-state index is 0.381. The average Bonchev–Trinajstić information content (AvgIpc) is 2.03. The van der Waals surface area contributed by atoms with Gasteiger partial charge in [-0.3, -0.25) is 0 Å². The molecule has 0 aromatic carbocycles. The minimum atomic E-state index is 0.381. The highest BCUT2D eigenvalue weighted by molar-refractivity contribution is 5.75. The quantitative estimate of drug-likeness (QED) is 0.638. The molecular weight excluding hydrogens is 160 g/mol. The SMILES string of the molecule is CC(=O)CC1CCC2CC1C2(C)C. The van der Waals surface area contributed by atoms with Crippen LogP contribution in [0.4, 0.5) is 0 Å². The number of Topliss-reactive ketones (excluding diaryl/α,β-unsaturated/α-hetero) is 1. The van der Waals surface area contributed by atoms with Crippen molar-refractivity contribution in [2.45, 2.75) is 46.5 Å². The second-order valence-electron chi connectivity index (χ2n) is 5.60. The van der Waals surface area contributed by atoms with Crippen molar-refractivity contribution in [1.82, 2.24) is 0 Å². The number of fused-ring (bicyclic) bond motifs is 2. The van der Waals surface area contributed by atoms with Crippen LogP contribution >= 0.6 is 0 Å². The molecule has 0 aromatic heterocycles. The number of hydrogen-bond acceptors (Lipinski definition) is 1. The minimum Gasteiger partial charge on any atom is -0.300 e. The Bertz CT molecular complexity index is 227. The van der Waals surface area contributed by atoms with E-state index >= 15 is 0 Å². The van der Waals surface area contributed by atoms with Crippen LogP contribution in [0.15, 0.2) is 0 Å². The van der Waals surface area contributed by atoms with Gasteiger partial charge in [0.25, 0.3) is 0 Å². The van der Waals surface area contributed by atoms with Gasteiger partial charge in [-0.1, -0.05) is 13.8 Å². The van der Waals surface area contributed by atoms with Crippen molar-refractivity contribution in [1.29, 1.82) is 0 Å². The lowest BCUT2D eigenvalue weighted by Crippen LogP contribution is -2.52. The van der Waals surface area contributed by atoms with Gasteiger partial charge in [-0.2, -0.15) is 0 Å². The zero-order valence-corrected chi connectivity index (χ0v) is 8.97. The fourth-order valence-electron chi connectivity index (χ4n) is 3.58. The number of ketones is 1. The van der Waals surface area contributed by atoms with E-state index in [0.29, 0.717) is 17.1 Å². The van der Waals surface area contributed by atoms with Crippen LogP contribution in [-0.4, -0.2) is 5.78 Å². The van der Waals surface area contributed by atoms with E-state index in [2.05, 4.69) is 13.8 Å². The molecule has 13 heavy (non-hydrogen) atoms. The van der Waals surface area contributed by atoms with Crippen molar-refractivity contribution in [3.8, 4) is 0 Å². The van der Waals surface area contributed by atoms with Crippen LogP contribution in [0.1, 0.15) is 46.5 Å². The van der Waals surface area contributed by atoms with Crippen molar-refractivity contribution in [2.24, 2.45) is 23.2 Å². The Morgan fingerprint density at radius 2 is 2.08 bits per heavy atom. The van der Waals surface area contributed by atoms with Crippen LogP contribution in [0.2, 0.25) is 0 Å². The van der Waals surface area contributed by atoms with Crippen LogP contribution in [0, 0.1) is 23.2 Å². The van der Waals surface area contributed by atoms with Gasteiger partial charge in [0, 0.05) is 6.42 Å². The first kappa shape index (κ1) is 9.23. The van der Waals surface area contributed by atoms with Crippen molar-refractivity contribution >= 4 is 5.78 Å². The topological polar surface area (TPSA) is 17.1 Å². The Morgan fingerprint density at radius 3 is 2.54 bits per heavy atom. The summed E-state index contributed by atoms with van der Waals surface area (Å²) in [7, 11) is 0. The second kappa shape index (κ2) is 2.83. The highest BCUT2D eigenvalue weighted by Gasteiger charge is 2.53. The van der Waals surface area contributed by atoms with Crippen LogP contribution in [-0.2, 0) is 4.79 Å². The summed E-state index contributed by atoms with van der Waals surface area (Å²) in [5.74, 6) is 2.89. The summed E-state index contributed by atoms with van der Waals surface area (Å²) in [4.78, 5) is 11.1. The van der Waals surface area contributed by atoms with Gasteiger partial charge in [-0.25, -0.2) is 0 Å². The first-order valence-corrected chi connectivity index (χ1v) is 5.51. The number of carbonyl (C=O) groups is 1. The first-order chi connectivity index (χ1) is 6.01. The van der Waals surface area contributed by atoms with Gasteiger partial charge >= 0.3 is 0 Å². The maximum absolute atomic E-state index is 11.1. The molecule has 2 bridgehead atoms. The third-order valence-corrected chi connectivity index (χ3v) is 4.55. The monoisotopic (exact) mass is 180 g/mol. The molecule has 0 amide bonds. The summed E-state index contributed by atoms with van der Waals surface area (Å²) < 4.78 is 0. The summed E-state index contributed by atoms with van der Waals surface area (Å²) in [5, 5.41) is 0. The van der Waals surface area contributed by atoms with Gasteiger partial charge in [-0.15, -0.1) is 0 Å². The van der Waals surface area contributed by atoms with Crippen molar-refractivity contribution in [2.75, 3.05) is 0 Å². The molecular formula is C12H20O. The maximum atomic E-state index is 11.1. The standard InChI is InChI=1S/C12H20O/c1-8(13)6-9-4-5-10-7-11(9)12(10,2)3/h9-11H,4-7H2,1-3H3. The van der Waals surface area contributed by atoms with E-state index in [0.717, 1.165) is 18.3 Å². The molecule has 3 rings (SSSR count). The predicted molar refractivity (Wildman–Crippen MR) is 53.4 cm³/mol. The predicted octanol–water partition coefficient (Wildman–Crippen LogP) is 3.04. The van der Waals surface area contributed by atoms with E-state index in [1.807, 2.05) is 0 Å². The van der Waals surface area contributed by atoms with Crippen LogP contribution in [0.3, 0.4) is 0 Å². The zero-order valence-electron chi connectivity index (χ0n) is 8.97.